The average Bonchev–Trinajstić information content (AvgIpc) is 3.21. The largest absolute Gasteiger partial charge is 0.389 e. The quantitative estimate of drug-likeness (QED) is 0.326. The normalized spacial score (nSPS) is 15.4. The molecule has 0 saturated carbocycles. The summed E-state index contributed by atoms with van der Waals surface area (Å²) in [7, 11) is 2.99. The molecule has 34 heavy (non-hydrogen) atoms. The third-order valence-electron chi connectivity index (χ3n) is 6.02. The van der Waals surface area contributed by atoms with Crippen LogP contribution in [-0.4, -0.2) is 70.3 Å². The average molecular weight is 504 g/mol. The van der Waals surface area contributed by atoms with Crippen molar-refractivity contribution in [3.05, 3.63) is 63.4 Å². The fourth-order valence-corrected chi connectivity index (χ4v) is 5.21. The van der Waals surface area contributed by atoms with E-state index in [0.29, 0.717) is 42.6 Å². The fraction of sp³-hybridized carbons (Fsp3) is 0.333. The molecule has 1 N–H and O–H groups in total. The van der Waals surface area contributed by atoms with Gasteiger partial charge >= 0.3 is 0 Å². The van der Waals surface area contributed by atoms with Crippen molar-refractivity contribution in [2.45, 2.75) is 24.9 Å². The molecule has 0 bridgehead atoms. The maximum absolute atomic E-state index is 13.2. The Morgan fingerprint density at radius 1 is 1.18 bits per heavy atom. The summed E-state index contributed by atoms with van der Waals surface area (Å²) in [5, 5.41) is 13.0. The molecule has 3 heterocycles. The number of halogens is 2. The summed E-state index contributed by atoms with van der Waals surface area (Å²) < 4.78 is 13.2. The Morgan fingerprint density at radius 2 is 1.82 bits per heavy atom. The number of thiophene rings is 1. The van der Waals surface area contributed by atoms with Crippen molar-refractivity contribution < 1.29 is 23.9 Å². The number of amides is 2. The van der Waals surface area contributed by atoms with Gasteiger partial charge in [-0.25, -0.2) is 9.37 Å². The molecular formula is C24H23ClFN3O4S. The van der Waals surface area contributed by atoms with E-state index in [0.717, 1.165) is 5.56 Å². The van der Waals surface area contributed by atoms with Crippen LogP contribution < -0.4 is 0 Å². The number of ketones is 1. The molecule has 10 heteroatoms. The number of benzene rings is 1. The molecule has 1 aromatic carbocycles. The maximum atomic E-state index is 13.2. The first kappa shape index (κ1) is 24.3. The number of piperidine rings is 1. The van der Waals surface area contributed by atoms with Crippen LogP contribution in [-0.2, 0) is 11.2 Å². The van der Waals surface area contributed by atoms with Gasteiger partial charge in [0, 0.05) is 49.9 Å². The summed E-state index contributed by atoms with van der Waals surface area (Å²) >= 11 is 7.48. The molecule has 0 unspecified atom stereocenters. The van der Waals surface area contributed by atoms with Crippen LogP contribution in [0.15, 0.2) is 35.7 Å². The Hall–Kier alpha value is -2.88. The van der Waals surface area contributed by atoms with E-state index >= 15 is 0 Å². The first-order valence-corrected chi connectivity index (χ1v) is 11.9. The van der Waals surface area contributed by atoms with Gasteiger partial charge in [0.2, 0.25) is 0 Å². The van der Waals surface area contributed by atoms with Gasteiger partial charge in [-0.3, -0.25) is 14.4 Å². The second kappa shape index (κ2) is 9.40. The summed E-state index contributed by atoms with van der Waals surface area (Å²) in [6.07, 6.45) is 1.07. The van der Waals surface area contributed by atoms with Crippen molar-refractivity contribution in [2.24, 2.45) is 0 Å². The molecule has 2 aromatic heterocycles. The van der Waals surface area contributed by atoms with Crippen LogP contribution in [0.25, 0.3) is 10.2 Å². The number of carbonyl (C=O) groups is 3. The highest BCUT2D eigenvalue weighted by Gasteiger charge is 2.35. The van der Waals surface area contributed by atoms with Crippen LogP contribution in [0, 0.1) is 5.82 Å². The van der Waals surface area contributed by atoms with E-state index < -0.39 is 17.3 Å². The van der Waals surface area contributed by atoms with E-state index in [1.54, 1.807) is 22.4 Å². The van der Waals surface area contributed by atoms with Gasteiger partial charge in [-0.2, -0.15) is 0 Å². The molecular weight excluding hydrogens is 481 g/mol. The van der Waals surface area contributed by atoms with E-state index in [1.165, 1.54) is 48.5 Å². The second-order valence-corrected chi connectivity index (χ2v) is 9.89. The van der Waals surface area contributed by atoms with Gasteiger partial charge in [0.25, 0.3) is 17.6 Å². The zero-order valence-electron chi connectivity index (χ0n) is 18.7. The summed E-state index contributed by atoms with van der Waals surface area (Å²) in [6.45, 7) is 0.610. The van der Waals surface area contributed by atoms with E-state index in [9.17, 15) is 23.9 Å². The van der Waals surface area contributed by atoms with Crippen molar-refractivity contribution in [2.75, 3.05) is 27.2 Å². The molecule has 4 rings (SSSR count). The van der Waals surface area contributed by atoms with Gasteiger partial charge in [-0.05, 0) is 36.6 Å². The van der Waals surface area contributed by atoms with Gasteiger partial charge in [0.15, 0.2) is 0 Å². The number of aliphatic hydroxyl groups is 1. The highest BCUT2D eigenvalue weighted by molar-refractivity contribution is 7.17. The topological polar surface area (TPSA) is 90.8 Å². The van der Waals surface area contributed by atoms with Crippen LogP contribution in [0.4, 0.5) is 4.39 Å². The smallest absolute Gasteiger partial charge is 0.294 e. The maximum Gasteiger partial charge on any atom is 0.294 e. The number of aromatic nitrogens is 1. The SMILES string of the molecule is CN(C)C(=O)C(=O)c1csc2nc(Cl)c(C(=O)N3CCC(O)(Cc4ccc(F)cc4)CC3)cc12. The van der Waals surface area contributed by atoms with Crippen molar-refractivity contribution in [3.8, 4) is 0 Å². The lowest BCUT2D eigenvalue weighted by molar-refractivity contribution is -0.124. The minimum Gasteiger partial charge on any atom is -0.389 e. The molecule has 3 aromatic rings. The number of likely N-dealkylation sites (tertiary alicyclic amines) is 1. The number of hydrogen-bond donors (Lipinski definition) is 1. The fourth-order valence-electron chi connectivity index (χ4n) is 4.04. The molecule has 0 spiro atoms. The summed E-state index contributed by atoms with van der Waals surface area (Å²) in [5.74, 6) is -2.03. The lowest BCUT2D eigenvalue weighted by Crippen LogP contribution is -2.47. The van der Waals surface area contributed by atoms with Gasteiger partial charge in [-0.15, -0.1) is 11.3 Å². The number of likely N-dealkylation sites (N-methyl/N-ethyl adjacent to an activating group) is 1. The Labute approximate surface area is 204 Å². The van der Waals surface area contributed by atoms with Crippen molar-refractivity contribution >= 4 is 50.8 Å². The van der Waals surface area contributed by atoms with Gasteiger partial charge < -0.3 is 14.9 Å². The molecule has 1 fully saturated rings. The number of hydrogen-bond acceptors (Lipinski definition) is 6. The number of nitrogens with zero attached hydrogens (tertiary/aromatic N) is 3. The molecule has 0 aliphatic carbocycles. The Balaban J connectivity index is 1.52. The minimum atomic E-state index is -1.000. The number of fused-ring (bicyclic) bond motifs is 1. The number of Topliss-reactive ketones (excluding diaryl/α,β-unsaturated/α-hetero) is 1. The van der Waals surface area contributed by atoms with Crippen LogP contribution in [0.3, 0.4) is 0 Å². The molecule has 1 aliphatic heterocycles. The number of carbonyl (C=O) groups excluding carboxylic acids is 3. The van der Waals surface area contributed by atoms with E-state index in [4.69, 9.17) is 11.6 Å². The summed E-state index contributed by atoms with van der Waals surface area (Å²) in [5.41, 5.74) is 0.149. The minimum absolute atomic E-state index is 0.0180. The van der Waals surface area contributed by atoms with E-state index in [-0.39, 0.29) is 28.0 Å². The lowest BCUT2D eigenvalue weighted by Gasteiger charge is -2.38. The molecule has 178 valence electrons. The third-order valence-corrected chi connectivity index (χ3v) is 7.20. The Bertz CT molecular complexity index is 1270. The Morgan fingerprint density at radius 3 is 2.44 bits per heavy atom. The van der Waals surface area contributed by atoms with Crippen LogP contribution >= 0.6 is 22.9 Å². The summed E-state index contributed by atoms with van der Waals surface area (Å²) in [6, 6.07) is 7.52. The van der Waals surface area contributed by atoms with Crippen molar-refractivity contribution in [3.63, 3.8) is 0 Å². The highest BCUT2D eigenvalue weighted by atomic mass is 35.5. The third kappa shape index (κ3) is 4.82. The molecule has 0 atom stereocenters. The second-order valence-electron chi connectivity index (χ2n) is 8.68. The standard InChI is InChI=1S/C24H23ClFN3O4S/c1-28(2)23(32)19(30)18-13-34-21-16(18)11-17(20(25)27-21)22(31)29-9-7-24(33,8-10-29)12-14-3-5-15(26)6-4-14/h3-6,11,13,33H,7-10,12H2,1-2H3. The number of rotatable bonds is 5. The predicted molar refractivity (Wildman–Crippen MR) is 128 cm³/mol. The first-order valence-electron chi connectivity index (χ1n) is 10.7. The summed E-state index contributed by atoms with van der Waals surface area (Å²) in [4.78, 5) is 45.5. The van der Waals surface area contributed by atoms with Gasteiger partial charge in [-0.1, -0.05) is 23.7 Å². The molecule has 1 aliphatic rings. The van der Waals surface area contributed by atoms with Gasteiger partial charge in [0.05, 0.1) is 11.2 Å². The zero-order valence-corrected chi connectivity index (χ0v) is 20.2. The first-order chi connectivity index (χ1) is 16.1. The van der Waals surface area contributed by atoms with Crippen molar-refractivity contribution in [1.29, 1.82) is 0 Å². The van der Waals surface area contributed by atoms with Gasteiger partial charge in [0.1, 0.15) is 15.8 Å². The van der Waals surface area contributed by atoms with Crippen LogP contribution in [0.2, 0.25) is 5.15 Å². The monoisotopic (exact) mass is 503 g/mol. The molecule has 0 radical (unpaired) electrons. The molecule has 1 saturated heterocycles. The predicted octanol–water partition coefficient (Wildman–Crippen LogP) is 3.57. The highest BCUT2D eigenvalue weighted by Crippen LogP contribution is 2.32. The van der Waals surface area contributed by atoms with E-state index in [2.05, 4.69) is 4.98 Å². The zero-order chi connectivity index (χ0) is 24.6. The van der Waals surface area contributed by atoms with E-state index in [1.807, 2.05) is 0 Å². The molecule has 2 amide bonds. The number of pyridine rings is 1. The molecule has 7 nitrogen and oxygen atoms in total. The van der Waals surface area contributed by atoms with Crippen LogP contribution in [0.5, 0.6) is 0 Å². The Kier molecular flexibility index (Phi) is 6.71. The lowest BCUT2D eigenvalue weighted by atomic mass is 9.85. The van der Waals surface area contributed by atoms with Crippen molar-refractivity contribution in [1.82, 2.24) is 14.8 Å². The van der Waals surface area contributed by atoms with Crippen LogP contribution in [0.1, 0.15) is 39.1 Å².